The number of hydrogen-bond donors (Lipinski definition) is 4. The molecule has 2 unspecified atom stereocenters. The number of carboxylic acids is 1. The van der Waals surface area contributed by atoms with Gasteiger partial charge < -0.3 is 24.6 Å². The predicted molar refractivity (Wildman–Crippen MR) is 86.0 cm³/mol. The fourth-order valence-corrected chi connectivity index (χ4v) is 4.65. The Hall–Kier alpha value is -2.50. The second-order valence-electron chi connectivity index (χ2n) is 7.33. The van der Waals surface area contributed by atoms with Gasteiger partial charge in [0.15, 0.2) is 0 Å². The van der Waals surface area contributed by atoms with E-state index in [4.69, 9.17) is 4.74 Å². The Morgan fingerprint density at radius 1 is 1.48 bits per heavy atom. The molecule has 4 N–H and O–H groups in total. The van der Waals surface area contributed by atoms with Crippen LogP contribution in [0.1, 0.15) is 19.4 Å². The van der Waals surface area contributed by atoms with Crippen molar-refractivity contribution >= 4 is 17.9 Å². The van der Waals surface area contributed by atoms with Crippen molar-refractivity contribution in [1.29, 1.82) is 0 Å². The highest BCUT2D eigenvalue weighted by Gasteiger charge is 2.73. The van der Waals surface area contributed by atoms with Crippen molar-refractivity contribution in [3.8, 4) is 0 Å². The molecule has 3 aliphatic rings. The normalized spacial score (nSPS) is 41.1. The lowest BCUT2D eigenvalue weighted by molar-refractivity contribution is -0.200. The van der Waals surface area contributed by atoms with Gasteiger partial charge in [0.2, 0.25) is 5.91 Å². The van der Waals surface area contributed by atoms with E-state index in [1.165, 1.54) is 24.3 Å². The quantitative estimate of drug-likeness (QED) is 0.494. The molecule has 0 radical (unpaired) electrons. The van der Waals surface area contributed by atoms with Gasteiger partial charge in [0, 0.05) is 18.8 Å². The van der Waals surface area contributed by atoms with Gasteiger partial charge >= 0.3 is 12.0 Å². The molecule has 0 aromatic carbocycles. The average Bonchev–Trinajstić information content (AvgIpc) is 3.24. The molecule has 1 aliphatic carbocycles. The zero-order valence-corrected chi connectivity index (χ0v) is 14.4. The van der Waals surface area contributed by atoms with Gasteiger partial charge in [-0.1, -0.05) is 0 Å². The number of aliphatic hydroxyl groups excluding tert-OH is 2. The number of nitrogens with zero attached hydrogens (tertiary/aromatic N) is 3. The van der Waals surface area contributed by atoms with E-state index in [0.29, 0.717) is 0 Å². The average molecular weight is 380 g/mol. The molecular formula is C16H20N4O7. The first-order valence-electron chi connectivity index (χ1n) is 8.59. The maximum Gasteiger partial charge on any atom is 0.326 e. The Morgan fingerprint density at radius 2 is 2.22 bits per heavy atom. The second-order valence-corrected chi connectivity index (χ2v) is 7.33. The molecule has 0 spiro atoms. The monoisotopic (exact) mass is 380 g/mol. The molecule has 146 valence electrons. The minimum atomic E-state index is -1.37. The summed E-state index contributed by atoms with van der Waals surface area (Å²) in [5, 5.41) is 31.3. The van der Waals surface area contributed by atoms with Crippen LogP contribution in [0.4, 0.5) is 4.79 Å². The minimum absolute atomic E-state index is 0.0494. The van der Waals surface area contributed by atoms with E-state index in [1.807, 2.05) is 0 Å². The lowest BCUT2D eigenvalue weighted by atomic mass is 9.52. The van der Waals surface area contributed by atoms with Crippen molar-refractivity contribution in [1.82, 2.24) is 19.8 Å². The van der Waals surface area contributed by atoms with E-state index in [1.54, 1.807) is 10.8 Å². The fraction of sp³-hybridized carbons (Fsp3) is 0.625. The summed E-state index contributed by atoms with van der Waals surface area (Å²) in [6.07, 6.45) is 1.84. The van der Waals surface area contributed by atoms with Gasteiger partial charge in [-0.25, -0.2) is 9.78 Å². The molecule has 1 aromatic rings. The summed E-state index contributed by atoms with van der Waals surface area (Å²) in [5.74, 6) is -2.89. The van der Waals surface area contributed by atoms with E-state index in [9.17, 15) is 29.7 Å². The van der Waals surface area contributed by atoms with Gasteiger partial charge in [-0.15, -0.1) is 0 Å². The number of amides is 3. The maximum atomic E-state index is 12.6. The van der Waals surface area contributed by atoms with Gasteiger partial charge in [-0.2, -0.15) is 0 Å². The van der Waals surface area contributed by atoms with Crippen molar-refractivity contribution in [2.45, 2.75) is 43.9 Å². The minimum Gasteiger partial charge on any atom is -0.481 e. The van der Waals surface area contributed by atoms with Crippen molar-refractivity contribution < 1.29 is 34.4 Å². The Bertz CT molecular complexity index is 784. The lowest BCUT2D eigenvalue weighted by Gasteiger charge is -2.62. The topological polar surface area (TPSA) is 154 Å². The molecule has 7 atom stereocenters. The number of imidazole rings is 1. The van der Waals surface area contributed by atoms with Crippen molar-refractivity contribution in [3.63, 3.8) is 0 Å². The Morgan fingerprint density at radius 3 is 2.78 bits per heavy atom. The van der Waals surface area contributed by atoms with Crippen LogP contribution < -0.4 is 5.32 Å². The maximum absolute atomic E-state index is 12.6. The van der Waals surface area contributed by atoms with Crippen molar-refractivity contribution in [2.75, 3.05) is 6.61 Å². The summed E-state index contributed by atoms with van der Waals surface area (Å²) >= 11 is 0. The van der Waals surface area contributed by atoms with Crippen LogP contribution in [-0.2, 0) is 14.3 Å². The fourth-order valence-electron chi connectivity index (χ4n) is 4.65. The summed E-state index contributed by atoms with van der Waals surface area (Å²) in [7, 11) is 0. The van der Waals surface area contributed by atoms with Crippen LogP contribution in [0.3, 0.4) is 0 Å². The standard InChI is InChI=1S/C16H20N4O7/c1-16-10(13(23)24)11(19-3-2-17-6-19)12(16)20(15(26)18-14(16)25)9-4-7(22)8(5-21)27-9/h2-3,6-12,21-22H,4-5H2,1H3,(H,23,24)(H,18,25,26)/t7-,8+,9+,10?,11?,12+,16+/m0/s1. The molecule has 3 amide bonds. The summed E-state index contributed by atoms with van der Waals surface area (Å²) in [6.45, 7) is 1.09. The van der Waals surface area contributed by atoms with E-state index in [0.717, 1.165) is 0 Å². The van der Waals surface area contributed by atoms with Crippen LogP contribution >= 0.6 is 0 Å². The molecule has 2 saturated heterocycles. The number of nitrogens with one attached hydrogen (secondary N) is 1. The van der Waals surface area contributed by atoms with Crippen LogP contribution in [0, 0.1) is 11.3 Å². The second kappa shape index (κ2) is 6.01. The molecule has 1 saturated carbocycles. The molecule has 0 bridgehead atoms. The number of carboxylic acid groups (broad SMARTS) is 1. The summed E-state index contributed by atoms with van der Waals surface area (Å²) in [4.78, 5) is 42.4. The highest BCUT2D eigenvalue weighted by molar-refractivity contribution is 6.04. The van der Waals surface area contributed by atoms with E-state index >= 15 is 0 Å². The third-order valence-electron chi connectivity index (χ3n) is 6.00. The summed E-state index contributed by atoms with van der Waals surface area (Å²) in [5.41, 5.74) is -1.37. The smallest absolute Gasteiger partial charge is 0.326 e. The molecule has 3 heterocycles. The number of fused-ring (bicyclic) bond motifs is 1. The van der Waals surface area contributed by atoms with E-state index < -0.39 is 66.4 Å². The number of aromatic nitrogens is 2. The van der Waals surface area contributed by atoms with Gasteiger partial charge in [0.25, 0.3) is 0 Å². The lowest BCUT2D eigenvalue weighted by Crippen LogP contribution is -2.79. The number of rotatable bonds is 4. The van der Waals surface area contributed by atoms with Crippen LogP contribution in [0.25, 0.3) is 0 Å². The third kappa shape index (κ3) is 2.32. The summed E-state index contributed by atoms with van der Waals surface area (Å²) in [6, 6.07) is -2.24. The molecule has 4 rings (SSSR count). The molecule has 11 nitrogen and oxygen atoms in total. The van der Waals surface area contributed by atoms with Gasteiger partial charge in [-0.3, -0.25) is 19.8 Å². The number of hydrogen-bond acceptors (Lipinski definition) is 7. The largest absolute Gasteiger partial charge is 0.481 e. The first-order valence-corrected chi connectivity index (χ1v) is 8.59. The van der Waals surface area contributed by atoms with Crippen LogP contribution in [-0.4, -0.2) is 78.8 Å². The Labute approximate surface area is 153 Å². The molecule has 27 heavy (non-hydrogen) atoms. The molecular weight excluding hydrogens is 360 g/mol. The van der Waals surface area contributed by atoms with Gasteiger partial charge in [0.05, 0.1) is 42.5 Å². The Kier molecular flexibility index (Phi) is 3.98. The molecule has 1 aromatic heterocycles. The first-order chi connectivity index (χ1) is 12.8. The molecule has 3 fully saturated rings. The van der Waals surface area contributed by atoms with E-state index in [2.05, 4.69) is 10.3 Å². The molecule has 2 aliphatic heterocycles. The zero-order valence-electron chi connectivity index (χ0n) is 14.4. The number of urea groups is 1. The predicted octanol–water partition coefficient (Wildman–Crippen LogP) is -1.47. The zero-order chi connectivity index (χ0) is 19.5. The first kappa shape index (κ1) is 17.9. The van der Waals surface area contributed by atoms with Gasteiger partial charge in [-0.05, 0) is 6.92 Å². The number of aliphatic hydroxyl groups is 2. The Balaban J connectivity index is 1.75. The number of imide groups is 1. The van der Waals surface area contributed by atoms with Crippen LogP contribution in [0.5, 0.6) is 0 Å². The van der Waals surface area contributed by atoms with Crippen LogP contribution in [0.2, 0.25) is 0 Å². The number of ether oxygens (including phenoxy) is 1. The highest BCUT2D eigenvalue weighted by Crippen LogP contribution is 2.58. The number of carbonyl (C=O) groups is 3. The van der Waals surface area contributed by atoms with Crippen LogP contribution in [0.15, 0.2) is 18.7 Å². The number of aliphatic carboxylic acids is 1. The van der Waals surface area contributed by atoms with Crippen molar-refractivity contribution in [3.05, 3.63) is 18.7 Å². The third-order valence-corrected chi connectivity index (χ3v) is 6.00. The highest BCUT2D eigenvalue weighted by atomic mass is 16.5. The summed E-state index contributed by atoms with van der Waals surface area (Å²) < 4.78 is 7.18. The van der Waals surface area contributed by atoms with Gasteiger partial charge in [0.1, 0.15) is 12.3 Å². The molecule has 11 heteroatoms. The number of carbonyl (C=O) groups excluding carboxylic acids is 2. The SMILES string of the molecule is C[C@]12C(=O)NC(=O)N([C@H]3C[C@H](O)[C@@H](CO)O3)[C@@H]1C(n1ccnc1)C2C(=O)O. The van der Waals surface area contributed by atoms with Crippen molar-refractivity contribution in [2.24, 2.45) is 11.3 Å². The van der Waals surface area contributed by atoms with E-state index in [-0.39, 0.29) is 6.42 Å².